The molecular weight excluding hydrogens is 1380 g/mol. The van der Waals surface area contributed by atoms with Crippen molar-refractivity contribution in [1.29, 1.82) is 10.5 Å². The molecule has 10 aromatic rings. The molecule has 10 rings (SSSR count). The fraction of sp³-hybridized carbons (Fsp3) is 0.257. The van der Waals surface area contributed by atoms with E-state index in [-0.39, 0.29) is 62.8 Å². The van der Waals surface area contributed by atoms with Crippen molar-refractivity contribution in [3.05, 3.63) is 237 Å². The van der Waals surface area contributed by atoms with E-state index in [1.54, 1.807) is 127 Å². The number of aliphatic hydroxyl groups is 2. The van der Waals surface area contributed by atoms with Crippen LogP contribution in [-0.4, -0.2) is 100 Å². The first kappa shape index (κ1) is 80.2. The Bertz CT molecular complexity index is 4220. The molecule has 524 valence electrons. The van der Waals surface area contributed by atoms with Crippen LogP contribution in [-0.2, 0) is 61.6 Å². The van der Waals surface area contributed by atoms with Crippen LogP contribution in [0.3, 0.4) is 0 Å². The van der Waals surface area contributed by atoms with Crippen LogP contribution in [0.15, 0.2) is 182 Å². The first-order valence-corrected chi connectivity index (χ1v) is 32.2. The zero-order valence-corrected chi connectivity index (χ0v) is 58.5. The number of para-hydroxylation sites is 2. The number of alkyl halides is 1. The number of carbonyl (C=O) groups is 4. The maximum Gasteiger partial charge on any atom is 0.416 e. The molecule has 0 bridgehead atoms. The van der Waals surface area contributed by atoms with Crippen LogP contribution < -0.4 is 26.8 Å². The van der Waals surface area contributed by atoms with Gasteiger partial charge in [-0.1, -0.05) is 86.1 Å². The van der Waals surface area contributed by atoms with Gasteiger partial charge in [0.15, 0.2) is 6.07 Å². The molecule has 0 saturated carbocycles. The largest absolute Gasteiger partial charge is 1.00 e. The number of esters is 2. The molecule has 2 amide bonds. The number of ether oxygens (including phenoxy) is 4. The average Bonchev–Trinajstić information content (AvgIpc) is 1.57. The van der Waals surface area contributed by atoms with E-state index < -0.39 is 52.6 Å². The van der Waals surface area contributed by atoms with E-state index in [0.717, 1.165) is 81.1 Å². The number of nitriles is 2. The lowest BCUT2D eigenvalue weighted by molar-refractivity contribution is -0.727. The zero-order chi connectivity index (χ0) is 72.2. The van der Waals surface area contributed by atoms with Crippen LogP contribution in [0.25, 0.3) is 22.5 Å². The lowest BCUT2D eigenvalue weighted by Crippen LogP contribution is -3.00. The maximum atomic E-state index is 12.7. The number of hydrogen-bond acceptors (Lipinski definition) is 19. The molecule has 0 spiro atoms. The second-order valence-electron chi connectivity index (χ2n) is 22.1. The van der Waals surface area contributed by atoms with Crippen molar-refractivity contribution in [2.45, 2.75) is 97.6 Å². The molecule has 4 heterocycles. The molecule has 30 heteroatoms. The highest BCUT2D eigenvalue weighted by Crippen LogP contribution is 2.36. The van der Waals surface area contributed by atoms with Gasteiger partial charge in [-0.15, -0.1) is 27.4 Å². The van der Waals surface area contributed by atoms with E-state index in [0.29, 0.717) is 40.2 Å². The van der Waals surface area contributed by atoms with Crippen LogP contribution in [0, 0.1) is 45.9 Å². The molecule has 4 aromatic heterocycles. The maximum absolute atomic E-state index is 12.7. The predicted molar refractivity (Wildman–Crippen MR) is 362 cm³/mol. The summed E-state index contributed by atoms with van der Waals surface area (Å²) >= 11 is 8.32. The smallest absolute Gasteiger partial charge is 0.416 e. The summed E-state index contributed by atoms with van der Waals surface area (Å²) in [7, 11) is 3.13. The quantitative estimate of drug-likeness (QED) is 0.0250. The van der Waals surface area contributed by atoms with Crippen LogP contribution in [0.1, 0.15) is 85.6 Å². The summed E-state index contributed by atoms with van der Waals surface area (Å²) in [5.41, 5.74) is 5.09. The summed E-state index contributed by atoms with van der Waals surface area (Å²) in [6.07, 6.45) is 5.03. The minimum Gasteiger partial charge on any atom is -1.00 e. The first-order valence-electron chi connectivity index (χ1n) is 29.9. The SMILES string of the molecule is CC(=O)OCc1ccccc1N(C)C(=O)OCCl.CC(=O)OCc1ccccc1N(C)C(=O)OC[n+]1cnn(C[C@@](C)(O)[C@@H](C)c2nc(-c3ccc(C#N)cc3)cs2)c1.C[C@@H](c1nc(-c2ccc(C#N)cc2)cs1)[C@](C)(O)Cn1cncn1.Fc1ccc(F)cc1.Fc1ccc(F)cc1.[Cl-]. The fourth-order valence-corrected chi connectivity index (χ4v) is 10.8. The molecule has 4 atom stereocenters. The molecule has 0 fully saturated rings. The Kier molecular flexibility index (Phi) is 31.5. The molecule has 0 aliphatic carbocycles. The van der Waals surface area contributed by atoms with Gasteiger partial charge in [-0.05, 0) is 98.8 Å². The summed E-state index contributed by atoms with van der Waals surface area (Å²) in [6.45, 7) is 10.6. The van der Waals surface area contributed by atoms with Crippen LogP contribution in [0.2, 0.25) is 0 Å². The predicted octanol–water partition coefficient (Wildman–Crippen LogP) is 10.3. The van der Waals surface area contributed by atoms with Gasteiger partial charge in [0.1, 0.15) is 61.3 Å². The van der Waals surface area contributed by atoms with E-state index in [9.17, 15) is 47.0 Å². The van der Waals surface area contributed by atoms with Crippen molar-refractivity contribution >= 4 is 69.8 Å². The second-order valence-corrected chi connectivity index (χ2v) is 24.1. The van der Waals surface area contributed by atoms with Gasteiger partial charge in [0.2, 0.25) is 13.1 Å². The summed E-state index contributed by atoms with van der Waals surface area (Å²) < 4.78 is 72.6. The molecule has 2 N–H and O–H groups in total. The second kappa shape index (κ2) is 39.2. The number of anilines is 2. The van der Waals surface area contributed by atoms with Crippen molar-refractivity contribution < 1.29 is 82.9 Å². The lowest BCUT2D eigenvalue weighted by atomic mass is 9.91. The molecule has 6 aromatic carbocycles. The Morgan fingerprint density at radius 3 is 1.36 bits per heavy atom. The number of amides is 2. The summed E-state index contributed by atoms with van der Waals surface area (Å²) in [5.74, 6) is -2.88. The van der Waals surface area contributed by atoms with E-state index in [1.165, 1.54) is 59.0 Å². The highest BCUT2D eigenvalue weighted by molar-refractivity contribution is 7.10. The van der Waals surface area contributed by atoms with Gasteiger partial charge in [-0.3, -0.25) is 24.1 Å². The van der Waals surface area contributed by atoms with E-state index in [1.807, 2.05) is 48.9 Å². The summed E-state index contributed by atoms with van der Waals surface area (Å²) in [5, 5.41) is 53.9. The Balaban J connectivity index is 0.000000257. The third-order valence-electron chi connectivity index (χ3n) is 14.6. The molecule has 22 nitrogen and oxygen atoms in total. The number of thiazole rings is 2. The Morgan fingerprint density at radius 1 is 0.600 bits per heavy atom. The minimum absolute atomic E-state index is 0. The molecule has 0 aliphatic rings. The number of benzene rings is 6. The third kappa shape index (κ3) is 25.1. The number of hydrogen-bond donors (Lipinski definition) is 2. The summed E-state index contributed by atoms with van der Waals surface area (Å²) in [4.78, 5) is 62.2. The fourth-order valence-electron chi connectivity index (χ4n) is 8.66. The highest BCUT2D eigenvalue weighted by atomic mass is 35.5. The van der Waals surface area contributed by atoms with Gasteiger partial charge in [0, 0.05) is 77.9 Å². The first-order chi connectivity index (χ1) is 47.2. The lowest BCUT2D eigenvalue weighted by Gasteiger charge is -2.28. The van der Waals surface area contributed by atoms with Gasteiger partial charge in [-0.25, -0.2) is 46.7 Å². The van der Waals surface area contributed by atoms with Crippen LogP contribution in [0.5, 0.6) is 0 Å². The van der Waals surface area contributed by atoms with Crippen LogP contribution in [0.4, 0.5) is 38.5 Å². The van der Waals surface area contributed by atoms with Crippen molar-refractivity contribution in [1.82, 2.24) is 34.5 Å². The third-order valence-corrected chi connectivity index (χ3v) is 16.7. The minimum atomic E-state index is -1.17. The molecule has 100 heavy (non-hydrogen) atoms. The number of halogens is 6. The van der Waals surface area contributed by atoms with Crippen molar-refractivity contribution in [2.24, 2.45) is 0 Å². The van der Waals surface area contributed by atoms with Gasteiger partial charge in [-0.2, -0.15) is 15.6 Å². The van der Waals surface area contributed by atoms with E-state index >= 15 is 0 Å². The monoisotopic (exact) mass is 1450 g/mol. The van der Waals surface area contributed by atoms with Gasteiger partial charge >= 0.3 is 24.1 Å². The molecule has 0 saturated heterocycles. The number of rotatable bonds is 19. The molecular formula is C70H70Cl2F4N12O10S2. The normalized spacial score (nSPS) is 12.1. The molecule has 0 unspecified atom stereocenters. The zero-order valence-electron chi connectivity index (χ0n) is 55.3. The van der Waals surface area contributed by atoms with Crippen molar-refractivity contribution in [2.75, 3.05) is 30.0 Å². The van der Waals surface area contributed by atoms with Gasteiger partial charge in [0.25, 0.3) is 6.33 Å². The molecule has 0 radical (unpaired) electrons. The Morgan fingerprint density at radius 2 is 0.990 bits per heavy atom. The number of aromatic nitrogens is 8. The summed E-state index contributed by atoms with van der Waals surface area (Å²) in [6, 6.07) is 41.3. The Labute approximate surface area is 593 Å². The topological polar surface area (TPSA) is 278 Å². The van der Waals surface area contributed by atoms with Gasteiger partial charge < -0.3 is 41.6 Å². The van der Waals surface area contributed by atoms with Crippen molar-refractivity contribution in [3.8, 4) is 34.7 Å². The average molecular weight is 1450 g/mol. The van der Waals surface area contributed by atoms with Crippen molar-refractivity contribution in [3.63, 3.8) is 0 Å². The van der Waals surface area contributed by atoms with Gasteiger partial charge in [0.05, 0.1) is 68.2 Å². The number of nitrogens with zero attached hydrogens (tertiary/aromatic N) is 12. The van der Waals surface area contributed by atoms with E-state index in [2.05, 4.69) is 37.0 Å². The molecule has 0 aliphatic heterocycles. The Hall–Kier alpha value is -10.5. The highest BCUT2D eigenvalue weighted by Gasteiger charge is 2.36. The van der Waals surface area contributed by atoms with Crippen LogP contribution >= 0.6 is 34.3 Å². The standard InChI is InChI=1S/C29H31N6O5S.C17H17N5OS.C12H14ClNO4.2C6H4F2.ClH/c1-20(27-32-25(15-41-27)23-11-9-22(13-30)10-12-23)29(3,38)16-35-18-34(17-31-35)19-40-28(37)33(4)26-8-6-5-7-24(26)14-39-21(2)36;1-12(17(2,23)9-22-11-19-10-20-22)16-21-15(8-24-16)14-5-3-13(7-18)4-6-14;1-9(15)17-7-10-5-3-4-6-11(10)14(2)12(16)18-8-13;2*7-5-1-2-6(8)4-3-5;/h5-12,15,17-18,20,38H,14,16,19H2,1-4H3;3-6,8,10-12,23H,9H2,1-2H3;3-6H,7-8H2,1-2H3;2*1-4H;1H/q+1;;;;;/p-1/t20-,29+;12-,17+;;;;/m00..../s1. The van der Waals surface area contributed by atoms with E-state index in [4.69, 9.17) is 41.3 Å². The number of carbonyl (C=O) groups excluding carboxylic acids is 4.